The Kier molecular flexibility index (Phi) is 1.94. The van der Waals surface area contributed by atoms with Crippen LogP contribution in [-0.2, 0) is 0 Å². The van der Waals surface area contributed by atoms with Gasteiger partial charge in [-0.05, 0) is 18.8 Å². The van der Waals surface area contributed by atoms with Gasteiger partial charge in [-0.15, -0.1) is 5.10 Å². The van der Waals surface area contributed by atoms with Crippen molar-refractivity contribution in [1.82, 2.24) is 15.0 Å². The fourth-order valence-corrected chi connectivity index (χ4v) is 1.74. The average molecular weight is 163 g/mol. The van der Waals surface area contributed by atoms with Crippen molar-refractivity contribution in [2.75, 3.05) is 0 Å². The lowest BCUT2D eigenvalue weighted by molar-refractivity contribution is 0.334. The van der Waals surface area contributed by atoms with Crippen LogP contribution in [0.1, 0.15) is 25.8 Å². The molecule has 3 heteroatoms. The molecule has 1 aliphatic carbocycles. The van der Waals surface area contributed by atoms with Gasteiger partial charge in [0.25, 0.3) is 0 Å². The minimum absolute atomic E-state index is 0.512. The van der Waals surface area contributed by atoms with Gasteiger partial charge < -0.3 is 0 Å². The maximum absolute atomic E-state index is 4.02. The van der Waals surface area contributed by atoms with Gasteiger partial charge in [-0.1, -0.05) is 24.3 Å². The van der Waals surface area contributed by atoms with Crippen molar-refractivity contribution in [2.45, 2.75) is 25.8 Å². The second-order valence-corrected chi connectivity index (χ2v) is 3.32. The van der Waals surface area contributed by atoms with Crippen molar-refractivity contribution >= 4 is 0 Å². The molecule has 0 spiro atoms. The van der Waals surface area contributed by atoms with E-state index in [1.807, 2.05) is 10.9 Å². The summed E-state index contributed by atoms with van der Waals surface area (Å²) in [6, 6.07) is 0.512. The largest absolute Gasteiger partial charge is 0.249 e. The van der Waals surface area contributed by atoms with E-state index < -0.39 is 0 Å². The summed E-state index contributed by atoms with van der Waals surface area (Å²) >= 11 is 0. The van der Waals surface area contributed by atoms with Crippen LogP contribution in [0.2, 0.25) is 0 Å². The molecule has 3 nitrogen and oxygen atoms in total. The van der Waals surface area contributed by atoms with Gasteiger partial charge in [0, 0.05) is 6.20 Å². The second kappa shape index (κ2) is 3.09. The maximum Gasteiger partial charge on any atom is 0.0693 e. The molecule has 0 saturated carbocycles. The van der Waals surface area contributed by atoms with Gasteiger partial charge >= 0.3 is 0 Å². The Hall–Kier alpha value is -1.12. The molecule has 2 unspecified atom stereocenters. The van der Waals surface area contributed by atoms with Gasteiger partial charge in [0.05, 0.1) is 12.2 Å². The first-order valence-electron chi connectivity index (χ1n) is 4.40. The number of allylic oxidation sites excluding steroid dienone is 2. The third-order valence-corrected chi connectivity index (χ3v) is 2.46. The van der Waals surface area contributed by atoms with E-state index in [1.54, 1.807) is 6.20 Å². The average Bonchev–Trinajstić information content (AvgIpc) is 2.57. The highest BCUT2D eigenvalue weighted by atomic mass is 15.4. The summed E-state index contributed by atoms with van der Waals surface area (Å²) in [7, 11) is 0. The van der Waals surface area contributed by atoms with Gasteiger partial charge in [-0.25, -0.2) is 4.68 Å². The normalized spacial score (nSPS) is 29.1. The highest BCUT2D eigenvalue weighted by Crippen LogP contribution is 2.27. The molecule has 1 aliphatic rings. The van der Waals surface area contributed by atoms with Gasteiger partial charge in [0.1, 0.15) is 0 Å². The van der Waals surface area contributed by atoms with Gasteiger partial charge in [-0.3, -0.25) is 0 Å². The zero-order valence-electron chi connectivity index (χ0n) is 7.22. The fourth-order valence-electron chi connectivity index (χ4n) is 1.74. The minimum atomic E-state index is 0.512. The molecule has 12 heavy (non-hydrogen) atoms. The summed E-state index contributed by atoms with van der Waals surface area (Å²) in [5.74, 6) is 0.584. The molecule has 0 aromatic carbocycles. The van der Waals surface area contributed by atoms with E-state index in [-0.39, 0.29) is 0 Å². The number of hydrogen-bond donors (Lipinski definition) is 0. The van der Waals surface area contributed by atoms with Crippen molar-refractivity contribution in [3.63, 3.8) is 0 Å². The summed E-state index contributed by atoms with van der Waals surface area (Å²) in [6.45, 7) is 2.22. The molecule has 0 radical (unpaired) electrons. The summed E-state index contributed by atoms with van der Waals surface area (Å²) < 4.78 is 1.97. The quantitative estimate of drug-likeness (QED) is 0.591. The number of nitrogens with zero attached hydrogens (tertiary/aromatic N) is 3. The van der Waals surface area contributed by atoms with Gasteiger partial charge in [-0.2, -0.15) is 0 Å². The van der Waals surface area contributed by atoms with E-state index in [2.05, 4.69) is 29.4 Å². The SMILES string of the molecule is CC1C=CCCC1n1ccnn1. The summed E-state index contributed by atoms with van der Waals surface area (Å²) in [5.41, 5.74) is 0. The molecule has 64 valence electrons. The van der Waals surface area contributed by atoms with Crippen LogP contribution in [-0.4, -0.2) is 15.0 Å². The zero-order chi connectivity index (χ0) is 8.39. The Morgan fingerprint density at radius 3 is 3.08 bits per heavy atom. The first-order chi connectivity index (χ1) is 5.88. The molecule has 0 saturated heterocycles. The predicted octanol–water partition coefficient (Wildman–Crippen LogP) is 1.81. The molecule has 0 bridgehead atoms. The third kappa shape index (κ3) is 1.26. The van der Waals surface area contributed by atoms with Crippen LogP contribution in [0.3, 0.4) is 0 Å². The number of aromatic nitrogens is 3. The topological polar surface area (TPSA) is 30.7 Å². The Balaban J connectivity index is 2.19. The van der Waals surface area contributed by atoms with Crippen molar-refractivity contribution in [3.8, 4) is 0 Å². The smallest absolute Gasteiger partial charge is 0.0693 e. The first-order valence-corrected chi connectivity index (χ1v) is 4.40. The molecule has 2 rings (SSSR count). The van der Waals surface area contributed by atoms with Crippen molar-refractivity contribution in [1.29, 1.82) is 0 Å². The van der Waals surface area contributed by atoms with Crippen LogP contribution in [0.4, 0.5) is 0 Å². The molecule has 2 atom stereocenters. The highest BCUT2D eigenvalue weighted by Gasteiger charge is 2.19. The van der Waals surface area contributed by atoms with E-state index >= 15 is 0 Å². The predicted molar refractivity (Wildman–Crippen MR) is 46.6 cm³/mol. The van der Waals surface area contributed by atoms with Crippen LogP contribution in [0, 0.1) is 5.92 Å². The summed E-state index contributed by atoms with van der Waals surface area (Å²) in [5, 5.41) is 7.84. The lowest BCUT2D eigenvalue weighted by Crippen LogP contribution is -2.18. The molecule has 1 aromatic rings. The summed E-state index contributed by atoms with van der Waals surface area (Å²) in [4.78, 5) is 0. The van der Waals surface area contributed by atoms with Crippen molar-refractivity contribution in [2.24, 2.45) is 5.92 Å². The molecular weight excluding hydrogens is 150 g/mol. The first kappa shape index (κ1) is 7.53. The molecule has 0 amide bonds. The standard InChI is InChI=1S/C9H13N3/c1-8-4-2-3-5-9(8)12-7-6-10-11-12/h2,4,6-9H,3,5H2,1H3. The second-order valence-electron chi connectivity index (χ2n) is 3.32. The van der Waals surface area contributed by atoms with Crippen molar-refractivity contribution in [3.05, 3.63) is 24.5 Å². The van der Waals surface area contributed by atoms with Crippen LogP contribution in [0.25, 0.3) is 0 Å². The lowest BCUT2D eigenvalue weighted by atomic mass is 9.92. The molecule has 0 fully saturated rings. The minimum Gasteiger partial charge on any atom is -0.249 e. The van der Waals surface area contributed by atoms with E-state index in [0.29, 0.717) is 12.0 Å². The van der Waals surface area contributed by atoms with Crippen LogP contribution >= 0.6 is 0 Å². The van der Waals surface area contributed by atoms with E-state index in [0.717, 1.165) is 6.42 Å². The van der Waals surface area contributed by atoms with E-state index in [9.17, 15) is 0 Å². The van der Waals surface area contributed by atoms with E-state index in [4.69, 9.17) is 0 Å². The Labute approximate surface area is 72.1 Å². The van der Waals surface area contributed by atoms with Crippen molar-refractivity contribution < 1.29 is 0 Å². The number of rotatable bonds is 1. The Bertz CT molecular complexity index is 263. The highest BCUT2D eigenvalue weighted by molar-refractivity contribution is 4.97. The molecular formula is C9H13N3. The summed E-state index contributed by atoms with van der Waals surface area (Å²) in [6.07, 6.45) is 10.5. The molecule has 1 heterocycles. The fraction of sp³-hybridized carbons (Fsp3) is 0.556. The van der Waals surface area contributed by atoms with Crippen LogP contribution in [0.15, 0.2) is 24.5 Å². The zero-order valence-corrected chi connectivity index (χ0v) is 7.22. The lowest BCUT2D eigenvalue weighted by Gasteiger charge is -2.23. The van der Waals surface area contributed by atoms with E-state index in [1.165, 1.54) is 6.42 Å². The molecule has 0 N–H and O–H groups in total. The monoisotopic (exact) mass is 163 g/mol. The Morgan fingerprint density at radius 1 is 1.50 bits per heavy atom. The number of hydrogen-bond acceptors (Lipinski definition) is 2. The Morgan fingerprint density at radius 2 is 2.42 bits per heavy atom. The molecule has 1 aromatic heterocycles. The maximum atomic E-state index is 4.02. The molecule has 0 aliphatic heterocycles. The van der Waals surface area contributed by atoms with Gasteiger partial charge in [0.2, 0.25) is 0 Å². The van der Waals surface area contributed by atoms with Crippen LogP contribution in [0.5, 0.6) is 0 Å². The van der Waals surface area contributed by atoms with Crippen LogP contribution < -0.4 is 0 Å². The van der Waals surface area contributed by atoms with Gasteiger partial charge in [0.15, 0.2) is 0 Å². The third-order valence-electron chi connectivity index (χ3n) is 2.46.